The summed E-state index contributed by atoms with van der Waals surface area (Å²) in [5.41, 5.74) is 1.40. The maximum Gasteiger partial charge on any atom is 0.293 e. The highest BCUT2D eigenvalue weighted by atomic mass is 127. The van der Waals surface area contributed by atoms with Gasteiger partial charge in [0.05, 0.1) is 21.6 Å². The third kappa shape index (κ3) is 5.23. The summed E-state index contributed by atoms with van der Waals surface area (Å²) in [7, 11) is 0. The van der Waals surface area contributed by atoms with Crippen LogP contribution in [-0.2, 0) is 11.3 Å². The summed E-state index contributed by atoms with van der Waals surface area (Å²) in [5, 5.41) is -0.360. The zero-order valence-electron chi connectivity index (χ0n) is 16.2. The van der Waals surface area contributed by atoms with E-state index in [0.717, 1.165) is 25.8 Å². The molecule has 1 saturated heterocycles. The number of imide groups is 1. The van der Waals surface area contributed by atoms with E-state index in [4.69, 9.17) is 9.47 Å². The van der Waals surface area contributed by atoms with Crippen LogP contribution in [0, 0.1) is 9.39 Å². The minimum atomic E-state index is -0.380. The van der Waals surface area contributed by atoms with Crippen molar-refractivity contribution in [3.63, 3.8) is 0 Å². The molecule has 8 heteroatoms. The summed E-state index contributed by atoms with van der Waals surface area (Å²) in [6.07, 6.45) is 3.31. The van der Waals surface area contributed by atoms with Crippen LogP contribution in [0.15, 0.2) is 54.0 Å². The molecule has 2 aromatic carbocycles. The lowest BCUT2D eigenvalue weighted by Gasteiger charge is -2.14. The minimum absolute atomic E-state index is 0.0956. The largest absolute Gasteiger partial charge is 0.490 e. The van der Waals surface area contributed by atoms with Crippen LogP contribution in [0.4, 0.5) is 9.18 Å². The Labute approximate surface area is 192 Å². The highest BCUT2D eigenvalue weighted by Gasteiger charge is 2.35. The number of thioether (sulfide) groups is 1. The number of halogens is 2. The van der Waals surface area contributed by atoms with Crippen LogP contribution < -0.4 is 9.47 Å². The number of hydrogen-bond donors (Lipinski definition) is 0. The minimum Gasteiger partial charge on any atom is -0.490 e. The fraction of sp³-hybridized carbons (Fsp3) is 0.182. The maximum atomic E-state index is 13.1. The summed E-state index contributed by atoms with van der Waals surface area (Å²) in [6, 6.07) is 9.35. The van der Waals surface area contributed by atoms with Crippen molar-refractivity contribution in [1.29, 1.82) is 0 Å². The molecule has 1 aliphatic heterocycles. The van der Waals surface area contributed by atoms with Crippen molar-refractivity contribution in [2.45, 2.75) is 13.5 Å². The fourth-order valence-corrected chi connectivity index (χ4v) is 4.40. The highest BCUT2D eigenvalue weighted by molar-refractivity contribution is 14.1. The number of benzene rings is 2. The van der Waals surface area contributed by atoms with Gasteiger partial charge in [0, 0.05) is 0 Å². The number of rotatable bonds is 8. The first kappa shape index (κ1) is 22.4. The molecular weight excluding hydrogens is 520 g/mol. The van der Waals surface area contributed by atoms with Gasteiger partial charge in [0.25, 0.3) is 11.1 Å². The Hall–Kier alpha value is -2.33. The van der Waals surface area contributed by atoms with Gasteiger partial charge >= 0.3 is 0 Å². The van der Waals surface area contributed by atoms with Gasteiger partial charge < -0.3 is 9.47 Å². The van der Waals surface area contributed by atoms with Crippen molar-refractivity contribution in [1.82, 2.24) is 4.90 Å². The molecule has 3 rings (SSSR count). The number of amides is 2. The molecule has 0 radical (unpaired) electrons. The monoisotopic (exact) mass is 539 g/mol. The molecule has 0 aliphatic carbocycles. The molecule has 0 saturated carbocycles. The standard InChI is InChI=1S/C22H19FINO4S/c1-3-9-29-20-17(24)10-15(11-18(20)28-4-2)12-19-21(26)25(22(27)30-19)13-14-5-7-16(23)8-6-14/h3,5-8,10-12H,1,4,9,13H2,2H3/b19-12-. The van der Waals surface area contributed by atoms with E-state index in [1.165, 1.54) is 12.1 Å². The molecule has 0 unspecified atom stereocenters. The van der Waals surface area contributed by atoms with Gasteiger partial charge in [0.15, 0.2) is 11.5 Å². The summed E-state index contributed by atoms with van der Waals surface area (Å²) in [6.45, 7) is 6.42. The summed E-state index contributed by atoms with van der Waals surface area (Å²) < 4.78 is 25.3. The first-order chi connectivity index (χ1) is 14.4. The summed E-state index contributed by atoms with van der Waals surface area (Å²) in [4.78, 5) is 26.6. The van der Waals surface area contributed by atoms with E-state index in [2.05, 4.69) is 29.2 Å². The van der Waals surface area contributed by atoms with E-state index in [9.17, 15) is 14.0 Å². The SMILES string of the molecule is C=CCOc1c(I)cc(/C=C2\SC(=O)N(Cc3ccc(F)cc3)C2=O)cc1OCC. The fourth-order valence-electron chi connectivity index (χ4n) is 2.78. The van der Waals surface area contributed by atoms with E-state index in [1.807, 2.05) is 13.0 Å². The quantitative estimate of drug-likeness (QED) is 0.247. The van der Waals surface area contributed by atoms with E-state index in [-0.39, 0.29) is 23.5 Å². The Morgan fingerprint density at radius 3 is 2.60 bits per heavy atom. The van der Waals surface area contributed by atoms with Gasteiger partial charge in [0.2, 0.25) is 0 Å². The molecule has 0 spiro atoms. The number of nitrogens with zero attached hydrogens (tertiary/aromatic N) is 1. The zero-order valence-corrected chi connectivity index (χ0v) is 19.2. The smallest absolute Gasteiger partial charge is 0.293 e. The average molecular weight is 539 g/mol. The van der Waals surface area contributed by atoms with Crippen molar-refractivity contribution >= 4 is 51.6 Å². The Bertz CT molecular complexity index is 1010. The van der Waals surface area contributed by atoms with E-state index in [1.54, 1.807) is 30.4 Å². The molecule has 0 N–H and O–H groups in total. The number of carbonyl (C=O) groups excluding carboxylic acids is 2. The van der Waals surface area contributed by atoms with Gasteiger partial charge in [-0.3, -0.25) is 14.5 Å². The molecule has 2 amide bonds. The highest BCUT2D eigenvalue weighted by Crippen LogP contribution is 2.37. The molecule has 0 atom stereocenters. The zero-order chi connectivity index (χ0) is 21.7. The van der Waals surface area contributed by atoms with Crippen LogP contribution in [-0.4, -0.2) is 29.3 Å². The lowest BCUT2D eigenvalue weighted by molar-refractivity contribution is -0.123. The first-order valence-electron chi connectivity index (χ1n) is 9.12. The van der Waals surface area contributed by atoms with Gasteiger partial charge in [-0.2, -0.15) is 0 Å². The van der Waals surface area contributed by atoms with Crippen molar-refractivity contribution in [3.8, 4) is 11.5 Å². The second kappa shape index (κ2) is 10.1. The van der Waals surface area contributed by atoms with Crippen LogP contribution >= 0.6 is 34.4 Å². The van der Waals surface area contributed by atoms with Crippen molar-refractivity contribution in [3.05, 3.63) is 74.5 Å². The van der Waals surface area contributed by atoms with Crippen LogP contribution in [0.3, 0.4) is 0 Å². The Morgan fingerprint density at radius 2 is 1.93 bits per heavy atom. The molecule has 0 aromatic heterocycles. The van der Waals surface area contributed by atoms with Crippen molar-refractivity contribution in [2.24, 2.45) is 0 Å². The second-order valence-corrected chi connectivity index (χ2v) is 8.41. The number of hydrogen-bond acceptors (Lipinski definition) is 5. The first-order valence-corrected chi connectivity index (χ1v) is 11.0. The molecule has 1 aliphatic rings. The lowest BCUT2D eigenvalue weighted by Crippen LogP contribution is -2.27. The Morgan fingerprint density at radius 1 is 1.20 bits per heavy atom. The van der Waals surface area contributed by atoms with E-state index in [0.29, 0.717) is 35.2 Å². The predicted octanol–water partition coefficient (Wildman–Crippen LogP) is 5.63. The van der Waals surface area contributed by atoms with Crippen LogP contribution in [0.1, 0.15) is 18.1 Å². The second-order valence-electron chi connectivity index (χ2n) is 6.26. The van der Waals surface area contributed by atoms with E-state index >= 15 is 0 Å². The van der Waals surface area contributed by atoms with Crippen LogP contribution in [0.5, 0.6) is 11.5 Å². The van der Waals surface area contributed by atoms with Crippen LogP contribution in [0.25, 0.3) is 6.08 Å². The van der Waals surface area contributed by atoms with Gasteiger partial charge in [0.1, 0.15) is 12.4 Å². The molecule has 1 fully saturated rings. The van der Waals surface area contributed by atoms with Crippen molar-refractivity contribution in [2.75, 3.05) is 13.2 Å². The number of ether oxygens (including phenoxy) is 2. The molecule has 156 valence electrons. The molecule has 2 aromatic rings. The van der Waals surface area contributed by atoms with Crippen molar-refractivity contribution < 1.29 is 23.5 Å². The van der Waals surface area contributed by atoms with Gasteiger partial charge in [-0.1, -0.05) is 24.8 Å². The van der Waals surface area contributed by atoms with Gasteiger partial charge in [-0.15, -0.1) is 0 Å². The third-order valence-electron chi connectivity index (χ3n) is 4.10. The Kier molecular flexibility index (Phi) is 7.54. The average Bonchev–Trinajstić information content (AvgIpc) is 2.96. The normalized spacial score (nSPS) is 15.0. The predicted molar refractivity (Wildman–Crippen MR) is 124 cm³/mol. The summed E-state index contributed by atoms with van der Waals surface area (Å²) >= 11 is 3.02. The molecule has 30 heavy (non-hydrogen) atoms. The summed E-state index contributed by atoms with van der Waals surface area (Å²) in [5.74, 6) is 0.421. The van der Waals surface area contributed by atoms with Crippen LogP contribution in [0.2, 0.25) is 0 Å². The molecule has 1 heterocycles. The van der Waals surface area contributed by atoms with Gasteiger partial charge in [-0.05, 0) is 82.7 Å². The molecule has 5 nitrogen and oxygen atoms in total. The molecular formula is C22H19FINO4S. The van der Waals surface area contributed by atoms with E-state index < -0.39 is 0 Å². The maximum absolute atomic E-state index is 13.1. The lowest BCUT2D eigenvalue weighted by atomic mass is 10.1. The van der Waals surface area contributed by atoms with Gasteiger partial charge in [-0.25, -0.2) is 4.39 Å². The Balaban J connectivity index is 1.85. The topological polar surface area (TPSA) is 55.8 Å². The number of carbonyl (C=O) groups is 2. The molecule has 0 bridgehead atoms. The third-order valence-corrected chi connectivity index (χ3v) is 5.81.